The molecule has 4 aliphatic rings. The van der Waals surface area contributed by atoms with E-state index in [1.54, 1.807) is 6.07 Å². The molecule has 0 aromatic heterocycles. The summed E-state index contributed by atoms with van der Waals surface area (Å²) in [6.07, 6.45) is 1.97. The fourth-order valence-electron chi connectivity index (χ4n) is 5.95. The number of esters is 1. The minimum atomic E-state index is -0.500. The average molecular weight is 484 g/mol. The van der Waals surface area contributed by atoms with E-state index in [2.05, 4.69) is 10.2 Å². The highest BCUT2D eigenvalue weighted by molar-refractivity contribution is 5.94. The van der Waals surface area contributed by atoms with Crippen LogP contribution in [0, 0.1) is 12.3 Å². The van der Waals surface area contributed by atoms with Crippen molar-refractivity contribution in [1.82, 2.24) is 15.1 Å². The molecule has 1 aromatic carbocycles. The molecule has 4 heterocycles. The fourth-order valence-corrected chi connectivity index (χ4v) is 5.95. The number of methoxy groups -OCH3 is 1. The summed E-state index contributed by atoms with van der Waals surface area (Å²) in [7, 11) is 1.35. The zero-order chi connectivity index (χ0) is 24.7. The second-order valence-electron chi connectivity index (χ2n) is 10.1. The average Bonchev–Trinajstić information content (AvgIpc) is 3.53. The Kier molecular flexibility index (Phi) is 6.31. The maximum absolute atomic E-state index is 13.4. The molecule has 0 saturated carbocycles. The molecular formula is C26H33N3O6. The van der Waals surface area contributed by atoms with Crippen molar-refractivity contribution < 1.29 is 28.6 Å². The number of hydrogen-bond acceptors (Lipinski definition) is 7. The van der Waals surface area contributed by atoms with E-state index in [9.17, 15) is 14.4 Å². The molecule has 5 rings (SSSR count). The van der Waals surface area contributed by atoms with E-state index in [0.717, 1.165) is 66.9 Å². The third-order valence-corrected chi connectivity index (χ3v) is 8.20. The number of benzene rings is 1. The van der Waals surface area contributed by atoms with Gasteiger partial charge in [-0.15, -0.1) is 0 Å². The number of carbonyl (C=O) groups excluding carboxylic acids is 3. The lowest BCUT2D eigenvalue weighted by Gasteiger charge is -2.39. The van der Waals surface area contributed by atoms with Gasteiger partial charge in [-0.2, -0.15) is 0 Å². The summed E-state index contributed by atoms with van der Waals surface area (Å²) in [5.74, 6) is -0.0702. The van der Waals surface area contributed by atoms with Gasteiger partial charge in [0.1, 0.15) is 6.61 Å². The number of amides is 2. The Balaban J connectivity index is 1.29. The molecule has 0 aliphatic carbocycles. The highest BCUT2D eigenvalue weighted by Gasteiger charge is 2.49. The number of nitrogens with one attached hydrogen (secondary N) is 1. The molecule has 1 unspecified atom stereocenters. The number of piperidine rings is 1. The van der Waals surface area contributed by atoms with Crippen LogP contribution in [0.3, 0.4) is 0 Å². The number of ether oxygens (including phenoxy) is 3. The Morgan fingerprint density at radius 2 is 1.86 bits per heavy atom. The first-order chi connectivity index (χ1) is 16.8. The first kappa shape index (κ1) is 23.8. The van der Waals surface area contributed by atoms with Crippen molar-refractivity contribution in [1.29, 1.82) is 0 Å². The Hall–Kier alpha value is -2.91. The van der Waals surface area contributed by atoms with Gasteiger partial charge in [-0.1, -0.05) is 6.07 Å². The van der Waals surface area contributed by atoms with E-state index in [0.29, 0.717) is 25.3 Å². The third kappa shape index (κ3) is 4.21. The van der Waals surface area contributed by atoms with Gasteiger partial charge in [-0.25, -0.2) is 9.59 Å². The molecule has 9 heteroatoms. The normalized spacial score (nSPS) is 22.5. The topological polar surface area (TPSA) is 97.4 Å². The van der Waals surface area contributed by atoms with Gasteiger partial charge >= 0.3 is 12.1 Å². The van der Waals surface area contributed by atoms with E-state index in [1.165, 1.54) is 7.11 Å². The molecule has 188 valence electrons. The summed E-state index contributed by atoms with van der Waals surface area (Å²) in [4.78, 5) is 41.8. The van der Waals surface area contributed by atoms with Crippen molar-refractivity contribution in [3.63, 3.8) is 0 Å². The standard InChI is InChI=1S/C26H33N3O6/c1-16-13-34-15-22(16)29-11-8-26(24(29)31)6-9-28(10-7-26)12-21(27-25(32)33-3)18-4-5-19-20(17(18)2)14-35-23(19)30/h4-5,21H,6-15H2,1-3H3,(H,27,32). The Morgan fingerprint density at radius 1 is 1.11 bits per heavy atom. The summed E-state index contributed by atoms with van der Waals surface area (Å²) in [6, 6.07) is 3.36. The molecule has 2 fully saturated rings. The summed E-state index contributed by atoms with van der Waals surface area (Å²) in [5.41, 5.74) is 5.25. The Morgan fingerprint density at radius 3 is 2.54 bits per heavy atom. The number of alkyl carbamates (subject to hydrolysis) is 1. The van der Waals surface area contributed by atoms with E-state index >= 15 is 0 Å². The van der Waals surface area contributed by atoms with Gasteiger partial charge in [0, 0.05) is 24.4 Å². The zero-order valence-corrected chi connectivity index (χ0v) is 20.6. The van der Waals surface area contributed by atoms with E-state index in [-0.39, 0.29) is 29.9 Å². The van der Waals surface area contributed by atoms with Crippen LogP contribution in [-0.2, 0) is 25.6 Å². The molecule has 35 heavy (non-hydrogen) atoms. The second kappa shape index (κ2) is 9.28. The van der Waals surface area contributed by atoms with Crippen LogP contribution < -0.4 is 5.32 Å². The maximum Gasteiger partial charge on any atom is 0.407 e. The van der Waals surface area contributed by atoms with Gasteiger partial charge in [0.15, 0.2) is 0 Å². The van der Waals surface area contributed by atoms with Gasteiger partial charge in [-0.3, -0.25) is 4.79 Å². The van der Waals surface area contributed by atoms with Crippen LogP contribution >= 0.6 is 0 Å². The number of rotatable bonds is 5. The molecule has 0 radical (unpaired) electrons. The second-order valence-corrected chi connectivity index (χ2v) is 10.1. The highest BCUT2D eigenvalue weighted by atomic mass is 16.5. The van der Waals surface area contributed by atoms with Gasteiger partial charge in [-0.05, 0) is 69.0 Å². The molecule has 2 amide bonds. The summed E-state index contributed by atoms with van der Waals surface area (Å²) in [6.45, 7) is 8.30. The van der Waals surface area contributed by atoms with Crippen molar-refractivity contribution in [3.8, 4) is 0 Å². The molecule has 1 aromatic rings. The molecule has 9 nitrogen and oxygen atoms in total. The van der Waals surface area contributed by atoms with Crippen LogP contribution in [0.15, 0.2) is 23.4 Å². The molecular weight excluding hydrogens is 450 g/mol. The van der Waals surface area contributed by atoms with Gasteiger partial charge in [0.05, 0.1) is 37.3 Å². The van der Waals surface area contributed by atoms with Crippen LogP contribution in [0.25, 0.3) is 0 Å². The Labute approximate surface area is 205 Å². The van der Waals surface area contributed by atoms with Crippen LogP contribution in [0.5, 0.6) is 0 Å². The van der Waals surface area contributed by atoms with Crippen molar-refractivity contribution in [2.45, 2.75) is 45.8 Å². The summed E-state index contributed by atoms with van der Waals surface area (Å²) < 4.78 is 15.6. The third-order valence-electron chi connectivity index (χ3n) is 8.20. The molecule has 2 saturated heterocycles. The number of hydrogen-bond donors (Lipinski definition) is 1. The molecule has 1 atom stereocenters. The highest BCUT2D eigenvalue weighted by Crippen LogP contribution is 2.44. The predicted octanol–water partition coefficient (Wildman–Crippen LogP) is 2.68. The van der Waals surface area contributed by atoms with Crippen molar-refractivity contribution >= 4 is 18.0 Å². The minimum Gasteiger partial charge on any atom is -0.457 e. The van der Waals surface area contributed by atoms with Crippen LogP contribution in [-0.4, -0.2) is 74.3 Å². The maximum atomic E-state index is 13.4. The number of nitrogens with zero attached hydrogens (tertiary/aromatic N) is 2. The van der Waals surface area contributed by atoms with Crippen molar-refractivity contribution in [2.24, 2.45) is 5.41 Å². The summed E-state index contributed by atoms with van der Waals surface area (Å²) in [5, 5.41) is 2.97. The van der Waals surface area contributed by atoms with E-state index in [4.69, 9.17) is 14.2 Å². The van der Waals surface area contributed by atoms with E-state index in [1.807, 2.05) is 24.8 Å². The van der Waals surface area contributed by atoms with Gasteiger partial charge in [0.25, 0.3) is 0 Å². The van der Waals surface area contributed by atoms with Crippen LogP contribution in [0.2, 0.25) is 0 Å². The monoisotopic (exact) mass is 483 g/mol. The first-order valence-electron chi connectivity index (χ1n) is 12.3. The smallest absolute Gasteiger partial charge is 0.407 e. The summed E-state index contributed by atoms with van der Waals surface area (Å²) >= 11 is 0. The quantitative estimate of drug-likeness (QED) is 0.643. The molecule has 0 bridgehead atoms. The molecule has 1 spiro atoms. The van der Waals surface area contributed by atoms with Gasteiger partial charge in [0.2, 0.25) is 5.91 Å². The van der Waals surface area contributed by atoms with Crippen molar-refractivity contribution in [2.75, 3.05) is 46.5 Å². The van der Waals surface area contributed by atoms with Gasteiger partial charge < -0.3 is 29.3 Å². The lowest BCUT2D eigenvalue weighted by molar-refractivity contribution is -0.137. The number of cyclic esters (lactones) is 1. The minimum absolute atomic E-state index is 0.236. The SMILES string of the molecule is COC(=O)NC(CN1CCC2(CC1)CCN(C1=C(C)COC1)C2=O)c1ccc2c(c1C)COC2=O. The molecule has 1 N–H and O–H groups in total. The van der Waals surface area contributed by atoms with Crippen molar-refractivity contribution in [3.05, 3.63) is 45.7 Å². The largest absolute Gasteiger partial charge is 0.457 e. The van der Waals surface area contributed by atoms with Crippen LogP contribution in [0.4, 0.5) is 4.79 Å². The number of likely N-dealkylation sites (tertiary alicyclic amines) is 2. The molecule has 4 aliphatic heterocycles. The van der Waals surface area contributed by atoms with Crippen LogP contribution in [0.1, 0.15) is 59.3 Å². The lowest BCUT2D eigenvalue weighted by atomic mass is 9.77. The number of carbonyl (C=O) groups is 3. The Bertz CT molecular complexity index is 1090. The first-order valence-corrected chi connectivity index (χ1v) is 12.3. The lowest BCUT2D eigenvalue weighted by Crippen LogP contribution is -2.47. The van der Waals surface area contributed by atoms with E-state index < -0.39 is 6.09 Å². The fraction of sp³-hybridized carbons (Fsp3) is 0.577. The predicted molar refractivity (Wildman–Crippen MR) is 127 cm³/mol. The zero-order valence-electron chi connectivity index (χ0n) is 20.6. The number of fused-ring (bicyclic) bond motifs is 1.